The third-order valence-corrected chi connectivity index (χ3v) is 3.35. The van der Waals surface area contributed by atoms with Crippen LogP contribution < -0.4 is 15.8 Å². The predicted octanol–water partition coefficient (Wildman–Crippen LogP) is 2.90. The average Bonchev–Trinajstić information content (AvgIpc) is 2.46. The molecular weight excluding hydrogens is 355 g/mol. The number of ether oxygens (including phenoxy) is 1. The van der Waals surface area contributed by atoms with Crippen molar-refractivity contribution in [3.63, 3.8) is 0 Å². The van der Waals surface area contributed by atoms with E-state index >= 15 is 0 Å². The minimum atomic E-state index is -1.10. The number of hydrogen-bond donors (Lipinski definition) is 2. The molecule has 3 amide bonds. The molecule has 0 aromatic heterocycles. The summed E-state index contributed by atoms with van der Waals surface area (Å²) in [5.41, 5.74) is 5.49. The van der Waals surface area contributed by atoms with Gasteiger partial charge in [0, 0.05) is 5.56 Å². The molecule has 0 heterocycles. The standard InChI is InChI=1S/C15H12BrFN2O3/c16-11-8-10(17)6-7-12(11)22-13(14(20)19-15(18)21)9-4-2-1-3-5-9/h1-8,13H,(H3,18,19,20,21)/t13-/m0/s1. The molecule has 0 unspecified atom stereocenters. The SMILES string of the molecule is NC(=O)NC(=O)[C@@H](Oc1ccc(F)cc1Br)c1ccccc1. The number of carbonyl (C=O) groups excluding carboxylic acids is 2. The lowest BCUT2D eigenvalue weighted by atomic mass is 10.1. The van der Waals surface area contributed by atoms with Gasteiger partial charge in [-0.1, -0.05) is 30.3 Å². The van der Waals surface area contributed by atoms with Gasteiger partial charge in [0.05, 0.1) is 4.47 Å². The highest BCUT2D eigenvalue weighted by Gasteiger charge is 2.24. The molecular formula is C15H12BrFN2O3. The molecule has 2 aromatic rings. The lowest BCUT2D eigenvalue weighted by Gasteiger charge is -2.19. The van der Waals surface area contributed by atoms with Crippen LogP contribution in [0.2, 0.25) is 0 Å². The van der Waals surface area contributed by atoms with Gasteiger partial charge < -0.3 is 10.5 Å². The first-order chi connectivity index (χ1) is 10.5. The van der Waals surface area contributed by atoms with E-state index in [0.29, 0.717) is 10.0 Å². The Morgan fingerprint density at radius 1 is 1.18 bits per heavy atom. The van der Waals surface area contributed by atoms with E-state index < -0.39 is 23.9 Å². The van der Waals surface area contributed by atoms with Crippen LogP contribution in [0.1, 0.15) is 11.7 Å². The van der Waals surface area contributed by atoms with Gasteiger partial charge in [-0.3, -0.25) is 10.1 Å². The Kier molecular flexibility index (Phi) is 5.11. The van der Waals surface area contributed by atoms with Gasteiger partial charge in [-0.05, 0) is 34.1 Å². The fourth-order valence-corrected chi connectivity index (χ4v) is 2.23. The number of nitrogens with one attached hydrogen (secondary N) is 1. The van der Waals surface area contributed by atoms with Crippen LogP contribution in [0, 0.1) is 5.82 Å². The van der Waals surface area contributed by atoms with E-state index in [1.807, 2.05) is 5.32 Å². The number of hydrogen-bond acceptors (Lipinski definition) is 3. The molecule has 0 radical (unpaired) electrons. The quantitative estimate of drug-likeness (QED) is 0.872. The van der Waals surface area contributed by atoms with Crippen molar-refractivity contribution < 1.29 is 18.7 Å². The van der Waals surface area contributed by atoms with Crippen LogP contribution >= 0.6 is 15.9 Å². The summed E-state index contributed by atoms with van der Waals surface area (Å²) in [6, 6.07) is 11.4. The van der Waals surface area contributed by atoms with Crippen LogP contribution in [0.25, 0.3) is 0 Å². The van der Waals surface area contributed by atoms with Crippen molar-refractivity contribution in [2.75, 3.05) is 0 Å². The topological polar surface area (TPSA) is 81.4 Å². The fourth-order valence-electron chi connectivity index (χ4n) is 1.79. The number of primary amides is 1. The van der Waals surface area contributed by atoms with E-state index in [4.69, 9.17) is 10.5 Å². The Morgan fingerprint density at radius 2 is 1.86 bits per heavy atom. The van der Waals surface area contributed by atoms with Crippen molar-refractivity contribution >= 4 is 27.9 Å². The number of urea groups is 1. The maximum Gasteiger partial charge on any atom is 0.318 e. The van der Waals surface area contributed by atoms with Gasteiger partial charge in [-0.25, -0.2) is 9.18 Å². The third kappa shape index (κ3) is 4.05. The van der Waals surface area contributed by atoms with E-state index in [9.17, 15) is 14.0 Å². The van der Waals surface area contributed by atoms with Gasteiger partial charge >= 0.3 is 6.03 Å². The molecule has 114 valence electrons. The second-order valence-electron chi connectivity index (χ2n) is 4.34. The molecule has 0 fully saturated rings. The second kappa shape index (κ2) is 7.04. The normalized spacial score (nSPS) is 11.5. The molecule has 2 aromatic carbocycles. The molecule has 0 aliphatic rings. The van der Waals surface area contributed by atoms with Crippen molar-refractivity contribution in [3.8, 4) is 5.75 Å². The van der Waals surface area contributed by atoms with Gasteiger partial charge in [0.2, 0.25) is 6.10 Å². The minimum absolute atomic E-state index is 0.259. The van der Waals surface area contributed by atoms with Gasteiger partial charge in [0.25, 0.3) is 5.91 Å². The molecule has 2 rings (SSSR count). The highest BCUT2D eigenvalue weighted by atomic mass is 79.9. The summed E-state index contributed by atoms with van der Waals surface area (Å²) in [6.07, 6.45) is -1.10. The largest absolute Gasteiger partial charge is 0.475 e. The Morgan fingerprint density at radius 3 is 2.45 bits per heavy atom. The summed E-state index contributed by atoms with van der Waals surface area (Å²) in [6.45, 7) is 0. The Labute approximate surface area is 134 Å². The molecule has 0 spiro atoms. The molecule has 5 nitrogen and oxygen atoms in total. The highest BCUT2D eigenvalue weighted by molar-refractivity contribution is 9.10. The van der Waals surface area contributed by atoms with Crippen molar-refractivity contribution in [2.24, 2.45) is 5.73 Å². The predicted molar refractivity (Wildman–Crippen MR) is 81.6 cm³/mol. The number of benzene rings is 2. The molecule has 0 aliphatic carbocycles. The molecule has 0 bridgehead atoms. The Hall–Kier alpha value is -2.41. The second-order valence-corrected chi connectivity index (χ2v) is 5.19. The Balaban J connectivity index is 2.32. The number of amides is 3. The lowest BCUT2D eigenvalue weighted by molar-refractivity contribution is -0.127. The summed E-state index contributed by atoms with van der Waals surface area (Å²) in [7, 11) is 0. The van der Waals surface area contributed by atoms with Gasteiger partial charge in [-0.2, -0.15) is 0 Å². The molecule has 1 atom stereocenters. The van der Waals surface area contributed by atoms with Crippen LogP contribution in [0.5, 0.6) is 5.75 Å². The van der Waals surface area contributed by atoms with Crippen LogP contribution in [-0.4, -0.2) is 11.9 Å². The maximum absolute atomic E-state index is 13.1. The van der Waals surface area contributed by atoms with Crippen LogP contribution in [-0.2, 0) is 4.79 Å². The van der Waals surface area contributed by atoms with E-state index in [0.717, 1.165) is 0 Å². The molecule has 22 heavy (non-hydrogen) atoms. The first-order valence-corrected chi connectivity index (χ1v) is 7.03. The van der Waals surface area contributed by atoms with Gasteiger partial charge in [0.15, 0.2) is 0 Å². The van der Waals surface area contributed by atoms with E-state index in [2.05, 4.69) is 15.9 Å². The Bertz CT molecular complexity index is 694. The fraction of sp³-hybridized carbons (Fsp3) is 0.0667. The first-order valence-electron chi connectivity index (χ1n) is 6.24. The number of rotatable bonds is 4. The van der Waals surface area contributed by atoms with Crippen LogP contribution in [0.3, 0.4) is 0 Å². The molecule has 0 aliphatic heterocycles. The third-order valence-electron chi connectivity index (χ3n) is 2.73. The van der Waals surface area contributed by atoms with Crippen molar-refractivity contribution in [1.82, 2.24) is 5.32 Å². The number of nitrogens with two attached hydrogens (primary N) is 1. The van der Waals surface area contributed by atoms with E-state index in [-0.39, 0.29) is 5.75 Å². The zero-order chi connectivity index (χ0) is 16.1. The van der Waals surface area contributed by atoms with Crippen LogP contribution in [0.15, 0.2) is 53.0 Å². The summed E-state index contributed by atoms with van der Waals surface area (Å²) in [5.74, 6) is -0.901. The smallest absolute Gasteiger partial charge is 0.318 e. The van der Waals surface area contributed by atoms with Gasteiger partial charge in [0.1, 0.15) is 11.6 Å². The summed E-state index contributed by atoms with van der Waals surface area (Å²) in [5, 5.41) is 1.98. The average molecular weight is 367 g/mol. The first kappa shape index (κ1) is 16.0. The summed E-state index contributed by atoms with van der Waals surface area (Å²) in [4.78, 5) is 23.0. The van der Waals surface area contributed by atoms with Crippen molar-refractivity contribution in [3.05, 3.63) is 64.4 Å². The zero-order valence-electron chi connectivity index (χ0n) is 11.3. The maximum atomic E-state index is 13.1. The minimum Gasteiger partial charge on any atom is -0.475 e. The van der Waals surface area contributed by atoms with Gasteiger partial charge in [-0.15, -0.1) is 0 Å². The van der Waals surface area contributed by atoms with Crippen LogP contribution in [0.4, 0.5) is 9.18 Å². The van der Waals surface area contributed by atoms with E-state index in [1.54, 1.807) is 30.3 Å². The lowest BCUT2D eigenvalue weighted by Crippen LogP contribution is -2.40. The highest BCUT2D eigenvalue weighted by Crippen LogP contribution is 2.30. The summed E-state index contributed by atoms with van der Waals surface area (Å²) < 4.78 is 19.1. The monoisotopic (exact) mass is 366 g/mol. The van der Waals surface area contributed by atoms with Crippen molar-refractivity contribution in [2.45, 2.75) is 6.10 Å². The number of carbonyl (C=O) groups is 2. The van der Waals surface area contributed by atoms with E-state index in [1.165, 1.54) is 18.2 Å². The number of imide groups is 1. The molecule has 7 heteroatoms. The molecule has 0 saturated heterocycles. The number of halogens is 2. The molecule has 0 saturated carbocycles. The zero-order valence-corrected chi connectivity index (χ0v) is 12.8. The summed E-state index contributed by atoms with van der Waals surface area (Å²) >= 11 is 3.16. The molecule has 3 N–H and O–H groups in total. The van der Waals surface area contributed by atoms with Crippen molar-refractivity contribution in [1.29, 1.82) is 0 Å².